The number of piperazine rings is 1. The zero-order valence-electron chi connectivity index (χ0n) is 20.6. The third kappa shape index (κ3) is 5.47. The maximum absolute atomic E-state index is 13.0. The number of aryl methyl sites for hydroxylation is 3. The molecule has 8 heteroatoms. The molecule has 0 bridgehead atoms. The molecule has 1 aliphatic heterocycles. The first kappa shape index (κ1) is 24.4. The van der Waals surface area contributed by atoms with Gasteiger partial charge in [-0.3, -0.25) is 14.4 Å². The minimum Gasteiger partial charge on any atom is -0.485 e. The summed E-state index contributed by atoms with van der Waals surface area (Å²) in [5.41, 5.74) is 4.31. The molecule has 0 spiro atoms. The van der Waals surface area contributed by atoms with E-state index in [2.05, 4.69) is 30.0 Å². The number of benzene rings is 1. The van der Waals surface area contributed by atoms with Gasteiger partial charge in [-0.05, 0) is 55.2 Å². The van der Waals surface area contributed by atoms with E-state index < -0.39 is 0 Å². The molecule has 4 rings (SSSR count). The molecule has 3 aromatic rings. The predicted molar refractivity (Wildman–Crippen MR) is 132 cm³/mol. The molecule has 0 atom stereocenters. The third-order valence-electron chi connectivity index (χ3n) is 6.32. The van der Waals surface area contributed by atoms with E-state index >= 15 is 0 Å². The van der Waals surface area contributed by atoms with Gasteiger partial charge in [-0.2, -0.15) is 5.10 Å². The molecular weight excluding hydrogens is 452 g/mol. The van der Waals surface area contributed by atoms with E-state index in [4.69, 9.17) is 20.8 Å². The lowest BCUT2D eigenvalue weighted by Crippen LogP contribution is -2.48. The molecular formula is C26H33ClN4O3. The smallest absolute Gasteiger partial charge is 0.289 e. The van der Waals surface area contributed by atoms with Crippen molar-refractivity contribution in [2.24, 2.45) is 7.05 Å². The summed E-state index contributed by atoms with van der Waals surface area (Å²) < 4.78 is 13.7. The molecule has 2 aromatic heterocycles. The van der Waals surface area contributed by atoms with E-state index in [1.54, 1.807) is 6.07 Å². The summed E-state index contributed by atoms with van der Waals surface area (Å²) in [6.07, 6.45) is 2.06. The van der Waals surface area contributed by atoms with E-state index in [9.17, 15) is 4.79 Å². The van der Waals surface area contributed by atoms with Crippen LogP contribution in [0.3, 0.4) is 0 Å². The summed E-state index contributed by atoms with van der Waals surface area (Å²) in [5, 5.41) is 5.15. The molecule has 1 aromatic carbocycles. The summed E-state index contributed by atoms with van der Waals surface area (Å²) in [4.78, 5) is 17.2. The largest absolute Gasteiger partial charge is 0.485 e. The average molecular weight is 485 g/mol. The minimum absolute atomic E-state index is 0.0753. The number of amides is 1. The van der Waals surface area contributed by atoms with Gasteiger partial charge in [0.25, 0.3) is 5.91 Å². The Bertz CT molecular complexity index is 1160. The van der Waals surface area contributed by atoms with Crippen LogP contribution >= 0.6 is 11.6 Å². The normalized spacial score (nSPS) is 14.7. The SMILES string of the molecule is Cc1cc(OCc2ccc(C(=O)N3CCN(Cc4cn(C)nc4C)CC3)o2)c(C(C)C)cc1Cl. The summed E-state index contributed by atoms with van der Waals surface area (Å²) in [6, 6.07) is 7.47. The Morgan fingerprint density at radius 1 is 1.18 bits per heavy atom. The minimum atomic E-state index is -0.0753. The summed E-state index contributed by atoms with van der Waals surface area (Å²) >= 11 is 6.29. The van der Waals surface area contributed by atoms with E-state index in [-0.39, 0.29) is 18.4 Å². The van der Waals surface area contributed by atoms with Gasteiger partial charge >= 0.3 is 0 Å². The third-order valence-corrected chi connectivity index (χ3v) is 6.73. The van der Waals surface area contributed by atoms with Gasteiger partial charge in [-0.1, -0.05) is 25.4 Å². The number of rotatable bonds is 7. The number of nitrogens with zero attached hydrogens (tertiary/aromatic N) is 4. The number of carbonyl (C=O) groups excluding carboxylic acids is 1. The quantitative estimate of drug-likeness (QED) is 0.475. The van der Waals surface area contributed by atoms with Crippen molar-refractivity contribution in [3.05, 3.63) is 69.4 Å². The van der Waals surface area contributed by atoms with Crippen molar-refractivity contribution in [2.75, 3.05) is 26.2 Å². The van der Waals surface area contributed by atoms with Crippen molar-refractivity contribution >= 4 is 17.5 Å². The Hall–Kier alpha value is -2.77. The second-order valence-electron chi connectivity index (χ2n) is 9.33. The molecule has 0 radical (unpaired) electrons. The van der Waals surface area contributed by atoms with Crippen LogP contribution < -0.4 is 4.74 Å². The molecule has 182 valence electrons. The first-order valence-electron chi connectivity index (χ1n) is 11.7. The molecule has 1 fully saturated rings. The Morgan fingerprint density at radius 2 is 1.91 bits per heavy atom. The van der Waals surface area contributed by atoms with Crippen LogP contribution in [-0.4, -0.2) is 51.7 Å². The Kier molecular flexibility index (Phi) is 7.33. The fraction of sp³-hybridized carbons (Fsp3) is 0.462. The van der Waals surface area contributed by atoms with Crippen LogP contribution in [0, 0.1) is 13.8 Å². The van der Waals surface area contributed by atoms with Crippen molar-refractivity contribution < 1.29 is 13.9 Å². The average Bonchev–Trinajstić information content (AvgIpc) is 3.40. The van der Waals surface area contributed by atoms with Crippen LogP contribution in [0.2, 0.25) is 5.02 Å². The maximum atomic E-state index is 13.0. The van der Waals surface area contributed by atoms with Gasteiger partial charge in [-0.15, -0.1) is 0 Å². The highest BCUT2D eigenvalue weighted by Crippen LogP contribution is 2.32. The van der Waals surface area contributed by atoms with Gasteiger partial charge in [0, 0.05) is 56.6 Å². The number of carbonyl (C=O) groups is 1. The molecule has 0 unspecified atom stereocenters. The van der Waals surface area contributed by atoms with E-state index in [1.807, 2.05) is 48.7 Å². The lowest BCUT2D eigenvalue weighted by molar-refractivity contribution is 0.0594. The summed E-state index contributed by atoms with van der Waals surface area (Å²) in [6.45, 7) is 12.3. The van der Waals surface area contributed by atoms with E-state index in [0.29, 0.717) is 24.6 Å². The second-order valence-corrected chi connectivity index (χ2v) is 9.74. The predicted octanol–water partition coefficient (Wildman–Crippen LogP) is 4.94. The molecule has 0 saturated carbocycles. The van der Waals surface area contributed by atoms with E-state index in [1.165, 1.54) is 5.56 Å². The Morgan fingerprint density at radius 3 is 2.56 bits per heavy atom. The van der Waals surface area contributed by atoms with Gasteiger partial charge in [0.1, 0.15) is 18.1 Å². The first-order valence-corrected chi connectivity index (χ1v) is 12.1. The Labute approximate surface area is 206 Å². The van der Waals surface area contributed by atoms with Crippen molar-refractivity contribution in [1.82, 2.24) is 19.6 Å². The number of hydrogen-bond donors (Lipinski definition) is 0. The lowest BCUT2D eigenvalue weighted by atomic mass is 10.0. The molecule has 0 N–H and O–H groups in total. The molecule has 1 saturated heterocycles. The van der Waals surface area contributed by atoms with Gasteiger partial charge in [0.15, 0.2) is 5.76 Å². The monoisotopic (exact) mass is 484 g/mol. The number of hydrogen-bond acceptors (Lipinski definition) is 5. The number of halogens is 1. The summed E-state index contributed by atoms with van der Waals surface area (Å²) in [5.74, 6) is 1.97. The highest BCUT2D eigenvalue weighted by Gasteiger charge is 2.25. The maximum Gasteiger partial charge on any atom is 0.289 e. The Balaban J connectivity index is 1.33. The lowest BCUT2D eigenvalue weighted by Gasteiger charge is -2.34. The van der Waals surface area contributed by atoms with Crippen LogP contribution in [-0.2, 0) is 20.2 Å². The van der Waals surface area contributed by atoms with Crippen molar-refractivity contribution in [1.29, 1.82) is 0 Å². The standard InChI is InChI=1S/C26H33ClN4O3/c1-17(2)22-13-23(27)18(3)12-25(22)33-16-21-6-7-24(34-21)26(32)31-10-8-30(9-11-31)15-20-14-29(5)28-19(20)4/h6-7,12-14,17H,8-11,15-16H2,1-5H3. The topological polar surface area (TPSA) is 63.7 Å². The van der Waals surface area contributed by atoms with Crippen molar-refractivity contribution in [3.63, 3.8) is 0 Å². The molecule has 7 nitrogen and oxygen atoms in total. The highest BCUT2D eigenvalue weighted by atomic mass is 35.5. The van der Waals surface area contributed by atoms with Crippen LogP contribution in [0.25, 0.3) is 0 Å². The van der Waals surface area contributed by atoms with Gasteiger partial charge < -0.3 is 14.1 Å². The van der Waals surface area contributed by atoms with Crippen LogP contribution in [0.4, 0.5) is 0 Å². The highest BCUT2D eigenvalue weighted by molar-refractivity contribution is 6.31. The van der Waals surface area contributed by atoms with Crippen molar-refractivity contribution in [3.8, 4) is 5.75 Å². The van der Waals surface area contributed by atoms with Gasteiger partial charge in [0.2, 0.25) is 0 Å². The fourth-order valence-electron chi connectivity index (χ4n) is 4.28. The van der Waals surface area contributed by atoms with Crippen LogP contribution in [0.1, 0.15) is 58.5 Å². The van der Waals surface area contributed by atoms with Crippen LogP contribution in [0.15, 0.2) is 34.9 Å². The molecule has 3 heterocycles. The number of aromatic nitrogens is 2. The van der Waals surface area contributed by atoms with Gasteiger partial charge in [-0.25, -0.2) is 0 Å². The van der Waals surface area contributed by atoms with Gasteiger partial charge in [0.05, 0.1) is 5.69 Å². The zero-order valence-corrected chi connectivity index (χ0v) is 21.4. The van der Waals surface area contributed by atoms with E-state index in [0.717, 1.165) is 47.2 Å². The molecule has 1 aliphatic rings. The first-order chi connectivity index (χ1) is 16.2. The second kappa shape index (κ2) is 10.2. The number of furan rings is 1. The molecule has 1 amide bonds. The molecule has 34 heavy (non-hydrogen) atoms. The van der Waals surface area contributed by atoms with Crippen LogP contribution in [0.5, 0.6) is 5.75 Å². The molecule has 0 aliphatic carbocycles. The fourth-order valence-corrected chi connectivity index (χ4v) is 4.45. The zero-order chi connectivity index (χ0) is 24.4. The number of ether oxygens (including phenoxy) is 1. The summed E-state index contributed by atoms with van der Waals surface area (Å²) in [7, 11) is 1.94. The van der Waals surface area contributed by atoms with Crippen molar-refractivity contribution in [2.45, 2.75) is 46.8 Å².